The Morgan fingerprint density at radius 1 is 1.06 bits per heavy atom. The number of hydrogen-bond acceptors (Lipinski definition) is 7. The topological polar surface area (TPSA) is 62.5 Å². The predicted octanol–water partition coefficient (Wildman–Crippen LogP) is 4.53. The molecule has 32 heavy (non-hydrogen) atoms. The number of carbonyl (C=O) groups excluding carboxylic acids is 1. The molecule has 1 saturated heterocycles. The summed E-state index contributed by atoms with van der Waals surface area (Å²) >= 11 is 2.95. The van der Waals surface area contributed by atoms with E-state index in [1.165, 1.54) is 23.9 Å². The van der Waals surface area contributed by atoms with Crippen molar-refractivity contribution in [2.75, 3.05) is 31.9 Å². The van der Waals surface area contributed by atoms with Crippen molar-refractivity contribution in [3.63, 3.8) is 0 Å². The summed E-state index contributed by atoms with van der Waals surface area (Å²) in [4.78, 5) is 25.9. The van der Waals surface area contributed by atoms with Crippen molar-refractivity contribution >= 4 is 40.1 Å². The van der Waals surface area contributed by atoms with Crippen LogP contribution in [0.3, 0.4) is 0 Å². The number of thioether (sulfide) groups is 1. The molecule has 3 heterocycles. The number of aromatic nitrogens is 2. The van der Waals surface area contributed by atoms with Gasteiger partial charge in [-0.3, -0.25) is 9.69 Å². The third kappa shape index (κ3) is 4.85. The summed E-state index contributed by atoms with van der Waals surface area (Å²) < 4.78 is 18.8. The minimum Gasteiger partial charge on any atom is -0.431 e. The van der Waals surface area contributed by atoms with E-state index in [0.717, 1.165) is 47.0 Å². The molecule has 0 radical (unpaired) electrons. The highest BCUT2D eigenvalue weighted by Gasteiger charge is 2.22. The van der Waals surface area contributed by atoms with Gasteiger partial charge in [0.15, 0.2) is 5.58 Å². The molecule has 1 aliphatic rings. The first-order valence-electron chi connectivity index (χ1n) is 10.3. The second kappa shape index (κ2) is 9.40. The number of piperazine rings is 1. The van der Waals surface area contributed by atoms with Crippen molar-refractivity contribution in [1.29, 1.82) is 0 Å². The Hall–Kier alpha value is -2.75. The Bertz CT molecular complexity index is 1180. The quantitative estimate of drug-likeness (QED) is 0.388. The van der Waals surface area contributed by atoms with E-state index in [-0.39, 0.29) is 11.7 Å². The second-order valence-electron chi connectivity index (χ2n) is 7.53. The van der Waals surface area contributed by atoms with Crippen molar-refractivity contribution in [3.05, 3.63) is 64.7 Å². The molecule has 4 aromatic rings. The van der Waals surface area contributed by atoms with Crippen LogP contribution in [0.2, 0.25) is 0 Å². The first-order valence-corrected chi connectivity index (χ1v) is 12.2. The average molecular weight is 469 g/mol. The summed E-state index contributed by atoms with van der Waals surface area (Å²) in [6.07, 6.45) is 0. The first-order chi connectivity index (χ1) is 15.6. The summed E-state index contributed by atoms with van der Waals surface area (Å²) in [7, 11) is 0. The number of carbonyl (C=O) groups is 1. The van der Waals surface area contributed by atoms with Gasteiger partial charge in [-0.25, -0.2) is 14.4 Å². The molecular weight excluding hydrogens is 447 g/mol. The highest BCUT2D eigenvalue weighted by Crippen LogP contribution is 2.25. The maximum Gasteiger partial charge on any atom is 0.257 e. The molecule has 0 aliphatic carbocycles. The van der Waals surface area contributed by atoms with Gasteiger partial charge in [0.05, 0.1) is 18.0 Å². The van der Waals surface area contributed by atoms with Crippen molar-refractivity contribution < 1.29 is 13.6 Å². The molecule has 0 spiro atoms. The van der Waals surface area contributed by atoms with Crippen LogP contribution in [0.15, 0.2) is 63.6 Å². The van der Waals surface area contributed by atoms with Crippen LogP contribution in [0.5, 0.6) is 0 Å². The van der Waals surface area contributed by atoms with E-state index >= 15 is 0 Å². The highest BCUT2D eigenvalue weighted by atomic mass is 32.2. The molecule has 5 rings (SSSR count). The fourth-order valence-electron chi connectivity index (χ4n) is 3.61. The monoisotopic (exact) mass is 468 g/mol. The van der Waals surface area contributed by atoms with E-state index in [2.05, 4.69) is 9.88 Å². The maximum atomic E-state index is 13.1. The number of para-hydroxylation sites is 2. The van der Waals surface area contributed by atoms with E-state index in [1.54, 1.807) is 23.5 Å². The van der Waals surface area contributed by atoms with Crippen LogP contribution in [0.25, 0.3) is 22.4 Å². The molecule has 1 fully saturated rings. The molecule has 2 aromatic heterocycles. The lowest BCUT2D eigenvalue weighted by Crippen LogP contribution is -2.48. The number of oxazole rings is 1. The predicted molar refractivity (Wildman–Crippen MR) is 124 cm³/mol. The van der Waals surface area contributed by atoms with Crippen molar-refractivity contribution in [1.82, 2.24) is 19.8 Å². The molecule has 0 saturated carbocycles. The number of nitrogens with zero attached hydrogens (tertiary/aromatic N) is 4. The second-order valence-corrected chi connectivity index (χ2v) is 9.40. The van der Waals surface area contributed by atoms with E-state index in [4.69, 9.17) is 9.40 Å². The molecule has 164 valence electrons. The van der Waals surface area contributed by atoms with Gasteiger partial charge in [0, 0.05) is 37.1 Å². The molecular formula is C23H21FN4O2S2. The minimum atomic E-state index is -0.246. The molecule has 0 atom stereocenters. The lowest BCUT2D eigenvalue weighted by molar-refractivity contribution is -0.130. The van der Waals surface area contributed by atoms with Crippen molar-refractivity contribution in [2.45, 2.75) is 11.8 Å². The van der Waals surface area contributed by atoms with Gasteiger partial charge in [0.2, 0.25) is 5.91 Å². The van der Waals surface area contributed by atoms with Crippen LogP contribution in [0.4, 0.5) is 4.39 Å². The van der Waals surface area contributed by atoms with Crippen LogP contribution in [-0.2, 0) is 11.3 Å². The number of thiazole rings is 1. The van der Waals surface area contributed by atoms with Gasteiger partial charge in [0.1, 0.15) is 16.3 Å². The van der Waals surface area contributed by atoms with E-state index in [1.807, 2.05) is 34.5 Å². The van der Waals surface area contributed by atoms with E-state index in [9.17, 15) is 9.18 Å². The fourth-order valence-corrected chi connectivity index (χ4v) is 5.20. The first kappa shape index (κ1) is 21.1. The van der Waals surface area contributed by atoms with Crippen LogP contribution in [0.1, 0.15) is 5.01 Å². The zero-order chi connectivity index (χ0) is 21.9. The zero-order valence-corrected chi connectivity index (χ0v) is 18.9. The minimum absolute atomic E-state index is 0.102. The van der Waals surface area contributed by atoms with Gasteiger partial charge in [-0.15, -0.1) is 11.3 Å². The number of amides is 1. The fraction of sp³-hybridized carbons (Fsp3) is 0.261. The van der Waals surface area contributed by atoms with Crippen LogP contribution in [0, 0.1) is 5.82 Å². The van der Waals surface area contributed by atoms with E-state index < -0.39 is 0 Å². The zero-order valence-electron chi connectivity index (χ0n) is 17.2. The third-order valence-electron chi connectivity index (χ3n) is 5.37. The Kier molecular flexibility index (Phi) is 6.20. The van der Waals surface area contributed by atoms with Gasteiger partial charge in [0.25, 0.3) is 5.22 Å². The van der Waals surface area contributed by atoms with Gasteiger partial charge in [-0.05, 0) is 36.4 Å². The van der Waals surface area contributed by atoms with Crippen LogP contribution in [-0.4, -0.2) is 57.6 Å². The molecule has 2 aromatic carbocycles. The molecule has 0 unspecified atom stereocenters. The van der Waals surface area contributed by atoms with Crippen LogP contribution < -0.4 is 0 Å². The maximum absolute atomic E-state index is 13.1. The summed E-state index contributed by atoms with van der Waals surface area (Å²) in [5.41, 5.74) is 3.33. The molecule has 1 amide bonds. The van der Waals surface area contributed by atoms with Gasteiger partial charge in [-0.2, -0.15) is 0 Å². The van der Waals surface area contributed by atoms with Gasteiger partial charge < -0.3 is 9.32 Å². The number of fused-ring (bicyclic) bond motifs is 1. The number of halogens is 1. The summed E-state index contributed by atoms with van der Waals surface area (Å²) in [6.45, 7) is 3.77. The normalized spacial score (nSPS) is 14.8. The Labute approximate surface area is 193 Å². The molecule has 0 bridgehead atoms. The van der Waals surface area contributed by atoms with Gasteiger partial charge in [-0.1, -0.05) is 23.9 Å². The lowest BCUT2D eigenvalue weighted by Gasteiger charge is -2.34. The molecule has 6 nitrogen and oxygen atoms in total. The molecule has 1 aliphatic heterocycles. The molecule has 9 heteroatoms. The number of hydrogen-bond donors (Lipinski definition) is 0. The largest absolute Gasteiger partial charge is 0.431 e. The Morgan fingerprint density at radius 3 is 2.62 bits per heavy atom. The third-order valence-corrected chi connectivity index (χ3v) is 7.02. The molecule has 0 N–H and O–H groups in total. The summed E-state index contributed by atoms with van der Waals surface area (Å²) in [6, 6.07) is 14.0. The lowest BCUT2D eigenvalue weighted by atomic mass is 10.2. The number of benzene rings is 2. The van der Waals surface area contributed by atoms with Crippen molar-refractivity contribution in [2.24, 2.45) is 0 Å². The summed E-state index contributed by atoms with van der Waals surface area (Å²) in [5.74, 6) is 0.175. The van der Waals surface area contributed by atoms with E-state index in [0.29, 0.717) is 24.1 Å². The summed E-state index contributed by atoms with van der Waals surface area (Å²) in [5, 5.41) is 3.56. The smallest absolute Gasteiger partial charge is 0.257 e. The Balaban J connectivity index is 1.10. The average Bonchev–Trinajstić information content (AvgIpc) is 3.45. The Morgan fingerprint density at radius 2 is 1.84 bits per heavy atom. The van der Waals surface area contributed by atoms with Crippen molar-refractivity contribution in [3.8, 4) is 11.3 Å². The number of rotatable bonds is 6. The SMILES string of the molecule is O=C(CSc1nc2ccccc2o1)N1CCN(Cc2nc(-c3ccc(F)cc3)cs2)CC1. The van der Waals surface area contributed by atoms with Gasteiger partial charge >= 0.3 is 0 Å². The standard InChI is InChI=1S/C23H21FN4O2S2/c24-17-7-5-16(6-8-17)19-14-31-21(25-19)13-27-9-11-28(12-10-27)22(29)15-32-23-26-18-3-1-2-4-20(18)30-23/h1-8,14H,9-13,15H2. The highest BCUT2D eigenvalue weighted by molar-refractivity contribution is 7.99. The van der Waals surface area contributed by atoms with Crippen LogP contribution >= 0.6 is 23.1 Å².